The predicted octanol–water partition coefficient (Wildman–Crippen LogP) is 5.78. The van der Waals surface area contributed by atoms with Gasteiger partial charge in [0.2, 0.25) is 0 Å². The van der Waals surface area contributed by atoms with Crippen molar-refractivity contribution in [1.82, 2.24) is 19.9 Å². The quantitative estimate of drug-likeness (QED) is 0.391. The Balaban J connectivity index is 1.59. The van der Waals surface area contributed by atoms with Crippen LogP contribution in [-0.2, 0) is 0 Å². The highest BCUT2D eigenvalue weighted by Gasteiger charge is 2.15. The molecule has 5 rings (SSSR count). The maximum atomic E-state index is 10.2. The van der Waals surface area contributed by atoms with E-state index in [1.165, 1.54) is 6.33 Å². The standard InChI is InChI=1S/C26H19N5O/c32-23-14-5-4-13-22(23)26-29-18-28-25(30-26)19-9-8-12-21(17-19)31(20-10-2-1-3-11-20)24-15-6-7-16-27-24/h1-18,32H. The third-order valence-corrected chi connectivity index (χ3v) is 4.97. The normalized spacial score (nSPS) is 10.6. The second-order valence-electron chi connectivity index (χ2n) is 7.06. The van der Waals surface area contributed by atoms with E-state index >= 15 is 0 Å². The van der Waals surface area contributed by atoms with E-state index in [1.54, 1.807) is 24.4 Å². The summed E-state index contributed by atoms with van der Waals surface area (Å²) in [5.74, 6) is 1.88. The summed E-state index contributed by atoms with van der Waals surface area (Å²) in [4.78, 5) is 19.9. The lowest BCUT2D eigenvalue weighted by Gasteiger charge is -2.24. The van der Waals surface area contributed by atoms with Crippen molar-refractivity contribution in [1.29, 1.82) is 0 Å². The van der Waals surface area contributed by atoms with Crippen molar-refractivity contribution in [2.75, 3.05) is 4.90 Å². The Morgan fingerprint density at radius 2 is 1.38 bits per heavy atom. The van der Waals surface area contributed by atoms with Gasteiger partial charge in [-0.1, -0.05) is 48.5 Å². The van der Waals surface area contributed by atoms with Crippen molar-refractivity contribution in [3.05, 3.63) is 110 Å². The minimum Gasteiger partial charge on any atom is -0.507 e. The molecule has 0 aliphatic rings. The Morgan fingerprint density at radius 1 is 0.625 bits per heavy atom. The lowest BCUT2D eigenvalue weighted by molar-refractivity contribution is 0.477. The van der Waals surface area contributed by atoms with Crippen molar-refractivity contribution in [3.63, 3.8) is 0 Å². The number of phenols is 1. The number of hydrogen-bond donors (Lipinski definition) is 1. The van der Waals surface area contributed by atoms with Gasteiger partial charge in [0.05, 0.1) is 5.56 Å². The predicted molar refractivity (Wildman–Crippen MR) is 125 cm³/mol. The van der Waals surface area contributed by atoms with E-state index in [0.29, 0.717) is 17.2 Å². The number of nitrogens with zero attached hydrogens (tertiary/aromatic N) is 5. The van der Waals surface area contributed by atoms with Gasteiger partial charge >= 0.3 is 0 Å². The molecule has 6 nitrogen and oxygen atoms in total. The smallest absolute Gasteiger partial charge is 0.167 e. The van der Waals surface area contributed by atoms with Crippen molar-refractivity contribution in [2.24, 2.45) is 0 Å². The molecule has 0 unspecified atom stereocenters. The number of aromatic nitrogens is 4. The fourth-order valence-corrected chi connectivity index (χ4v) is 3.49. The van der Waals surface area contributed by atoms with Crippen molar-refractivity contribution in [3.8, 4) is 28.5 Å². The molecule has 154 valence electrons. The van der Waals surface area contributed by atoms with Gasteiger partial charge in [-0.3, -0.25) is 4.90 Å². The van der Waals surface area contributed by atoms with E-state index in [-0.39, 0.29) is 5.75 Å². The van der Waals surface area contributed by atoms with Gasteiger partial charge in [-0.05, 0) is 48.5 Å². The molecule has 0 aliphatic heterocycles. The molecule has 0 fully saturated rings. The lowest BCUT2D eigenvalue weighted by atomic mass is 10.1. The Morgan fingerprint density at radius 3 is 2.19 bits per heavy atom. The van der Waals surface area contributed by atoms with Crippen LogP contribution in [0.1, 0.15) is 0 Å². The largest absolute Gasteiger partial charge is 0.507 e. The van der Waals surface area contributed by atoms with E-state index in [4.69, 9.17) is 0 Å². The fraction of sp³-hybridized carbons (Fsp3) is 0. The molecule has 0 amide bonds. The fourth-order valence-electron chi connectivity index (χ4n) is 3.49. The number of rotatable bonds is 5. The summed E-state index contributed by atoms with van der Waals surface area (Å²) in [6.45, 7) is 0. The maximum Gasteiger partial charge on any atom is 0.167 e. The van der Waals surface area contributed by atoms with Crippen LogP contribution in [0.15, 0.2) is 110 Å². The van der Waals surface area contributed by atoms with E-state index in [2.05, 4.69) is 24.8 Å². The number of hydrogen-bond acceptors (Lipinski definition) is 6. The molecule has 0 atom stereocenters. The van der Waals surface area contributed by atoms with E-state index in [9.17, 15) is 5.11 Å². The Kier molecular flexibility index (Phi) is 5.24. The van der Waals surface area contributed by atoms with Crippen LogP contribution in [0.5, 0.6) is 5.75 Å². The third kappa shape index (κ3) is 3.89. The molecular weight excluding hydrogens is 398 g/mol. The average Bonchev–Trinajstić information content (AvgIpc) is 2.86. The first kappa shape index (κ1) is 19.4. The summed E-state index contributed by atoms with van der Waals surface area (Å²) in [7, 11) is 0. The van der Waals surface area contributed by atoms with Crippen LogP contribution >= 0.6 is 0 Å². The zero-order chi connectivity index (χ0) is 21.8. The number of anilines is 3. The second kappa shape index (κ2) is 8.65. The molecule has 0 spiro atoms. The first-order chi connectivity index (χ1) is 15.8. The van der Waals surface area contributed by atoms with Crippen molar-refractivity contribution >= 4 is 17.2 Å². The highest BCUT2D eigenvalue weighted by Crippen LogP contribution is 2.35. The molecule has 3 aromatic carbocycles. The van der Waals surface area contributed by atoms with Crippen LogP contribution in [0.25, 0.3) is 22.8 Å². The third-order valence-electron chi connectivity index (χ3n) is 4.97. The van der Waals surface area contributed by atoms with Crippen LogP contribution in [0.3, 0.4) is 0 Å². The monoisotopic (exact) mass is 417 g/mol. The second-order valence-corrected chi connectivity index (χ2v) is 7.06. The summed E-state index contributed by atoms with van der Waals surface area (Å²) in [5, 5.41) is 10.2. The van der Waals surface area contributed by atoms with Gasteiger partial charge in [0, 0.05) is 23.1 Å². The van der Waals surface area contributed by atoms with Crippen LogP contribution < -0.4 is 4.90 Å². The Hall–Kier alpha value is -4.58. The molecule has 0 radical (unpaired) electrons. The highest BCUT2D eigenvalue weighted by atomic mass is 16.3. The van der Waals surface area contributed by atoms with Crippen molar-refractivity contribution in [2.45, 2.75) is 0 Å². The zero-order valence-electron chi connectivity index (χ0n) is 17.1. The minimum absolute atomic E-state index is 0.129. The number of para-hydroxylation sites is 2. The summed E-state index contributed by atoms with van der Waals surface area (Å²) < 4.78 is 0. The molecule has 6 heteroatoms. The summed E-state index contributed by atoms with van der Waals surface area (Å²) >= 11 is 0. The van der Waals surface area contributed by atoms with Crippen LogP contribution in [0, 0.1) is 0 Å². The van der Waals surface area contributed by atoms with Crippen LogP contribution in [-0.4, -0.2) is 25.0 Å². The molecule has 5 aromatic rings. The highest BCUT2D eigenvalue weighted by molar-refractivity contribution is 5.77. The van der Waals surface area contributed by atoms with Crippen LogP contribution in [0.2, 0.25) is 0 Å². The van der Waals surface area contributed by atoms with Gasteiger partial charge < -0.3 is 5.11 Å². The van der Waals surface area contributed by atoms with Gasteiger partial charge in [-0.2, -0.15) is 0 Å². The van der Waals surface area contributed by atoms with Gasteiger partial charge in [0.25, 0.3) is 0 Å². The molecule has 0 saturated carbocycles. The first-order valence-electron chi connectivity index (χ1n) is 10.1. The maximum absolute atomic E-state index is 10.2. The number of benzene rings is 3. The minimum atomic E-state index is 0.129. The van der Waals surface area contributed by atoms with Gasteiger partial charge in [-0.25, -0.2) is 19.9 Å². The first-order valence-corrected chi connectivity index (χ1v) is 10.1. The molecule has 0 aliphatic carbocycles. The van der Waals surface area contributed by atoms with Gasteiger partial charge in [0.15, 0.2) is 11.6 Å². The average molecular weight is 417 g/mol. The molecule has 1 N–H and O–H groups in total. The summed E-state index contributed by atoms with van der Waals surface area (Å²) in [6, 6.07) is 30.9. The van der Waals surface area contributed by atoms with E-state index in [0.717, 1.165) is 22.8 Å². The molecule has 32 heavy (non-hydrogen) atoms. The molecule has 0 saturated heterocycles. The van der Waals surface area contributed by atoms with Gasteiger partial charge in [-0.15, -0.1) is 0 Å². The van der Waals surface area contributed by atoms with Gasteiger partial charge in [0.1, 0.15) is 17.9 Å². The molecule has 2 aromatic heterocycles. The molecular formula is C26H19N5O. The Bertz CT molecular complexity index is 1300. The number of phenolic OH excluding ortho intramolecular Hbond substituents is 1. The van der Waals surface area contributed by atoms with E-state index in [1.807, 2.05) is 78.9 Å². The molecule has 2 heterocycles. The summed E-state index contributed by atoms with van der Waals surface area (Å²) in [5.41, 5.74) is 3.32. The lowest BCUT2D eigenvalue weighted by Crippen LogP contribution is -2.11. The number of aromatic hydroxyl groups is 1. The summed E-state index contributed by atoms with van der Waals surface area (Å²) in [6.07, 6.45) is 3.24. The topological polar surface area (TPSA) is 75.0 Å². The van der Waals surface area contributed by atoms with E-state index < -0.39 is 0 Å². The zero-order valence-corrected chi connectivity index (χ0v) is 17.1. The molecule has 0 bridgehead atoms. The van der Waals surface area contributed by atoms with Crippen LogP contribution in [0.4, 0.5) is 17.2 Å². The SMILES string of the molecule is Oc1ccccc1-c1ncnc(-c2cccc(N(c3ccccc3)c3ccccn3)c2)n1. The number of pyridine rings is 1. The van der Waals surface area contributed by atoms with Crippen molar-refractivity contribution < 1.29 is 5.11 Å². The Labute approximate surface area is 185 Å².